The fourth-order valence-corrected chi connectivity index (χ4v) is 2.66. The molecule has 0 bridgehead atoms. The number of benzene rings is 1. The summed E-state index contributed by atoms with van der Waals surface area (Å²) in [7, 11) is 3.89. The number of methoxy groups -OCH3 is 1. The van der Waals surface area contributed by atoms with Gasteiger partial charge in [-0.25, -0.2) is 0 Å². The lowest BCUT2D eigenvalue weighted by atomic mass is 10.2. The molecule has 0 radical (unpaired) electrons. The average Bonchev–Trinajstić information content (AvgIpc) is 2.59. The Morgan fingerprint density at radius 2 is 2.21 bits per heavy atom. The zero-order valence-corrected chi connectivity index (χ0v) is 12.2. The average molecular weight is 263 g/mol. The smallest absolute Gasteiger partial charge is 0.120 e. The zero-order valence-electron chi connectivity index (χ0n) is 12.2. The van der Waals surface area contributed by atoms with Crippen molar-refractivity contribution in [2.75, 3.05) is 38.7 Å². The van der Waals surface area contributed by atoms with E-state index in [1.165, 1.54) is 5.69 Å². The molecule has 1 saturated heterocycles. The van der Waals surface area contributed by atoms with Crippen molar-refractivity contribution in [2.45, 2.75) is 25.4 Å². The van der Waals surface area contributed by atoms with E-state index in [4.69, 9.17) is 10.5 Å². The number of nitrogens with two attached hydrogens (primary N) is 1. The minimum Gasteiger partial charge on any atom is -0.497 e. The highest BCUT2D eigenvalue weighted by Crippen LogP contribution is 2.24. The first-order valence-electron chi connectivity index (χ1n) is 6.96. The summed E-state index contributed by atoms with van der Waals surface area (Å²) >= 11 is 0. The maximum Gasteiger partial charge on any atom is 0.120 e. The standard InChI is InChI=1S/C15H25N3O/c1-12-7-8-18(11-14(10-16)17(12)2)13-5-4-6-15(9-13)19-3/h4-6,9,12,14H,7-8,10-11,16H2,1-3H3. The summed E-state index contributed by atoms with van der Waals surface area (Å²) in [6, 6.07) is 9.25. The first kappa shape index (κ1) is 14.2. The number of rotatable bonds is 3. The third-order valence-electron chi connectivity index (χ3n) is 4.21. The minimum absolute atomic E-state index is 0.406. The molecule has 1 aromatic carbocycles. The highest BCUT2D eigenvalue weighted by Gasteiger charge is 2.25. The molecular formula is C15H25N3O. The van der Waals surface area contributed by atoms with Gasteiger partial charge >= 0.3 is 0 Å². The second kappa shape index (κ2) is 6.26. The number of hydrogen-bond acceptors (Lipinski definition) is 4. The van der Waals surface area contributed by atoms with Crippen LogP contribution in [0.4, 0.5) is 5.69 Å². The van der Waals surface area contributed by atoms with Crippen LogP contribution < -0.4 is 15.4 Å². The van der Waals surface area contributed by atoms with Crippen molar-refractivity contribution in [1.29, 1.82) is 0 Å². The topological polar surface area (TPSA) is 41.7 Å². The van der Waals surface area contributed by atoms with E-state index in [0.29, 0.717) is 18.6 Å². The first-order valence-corrected chi connectivity index (χ1v) is 6.96. The van der Waals surface area contributed by atoms with Gasteiger partial charge in [-0.15, -0.1) is 0 Å². The van der Waals surface area contributed by atoms with E-state index in [1.807, 2.05) is 12.1 Å². The van der Waals surface area contributed by atoms with Gasteiger partial charge in [0.15, 0.2) is 0 Å². The predicted octanol–water partition coefficient (Wildman–Crippen LogP) is 1.55. The number of likely N-dealkylation sites (N-methyl/N-ethyl adjacent to an activating group) is 1. The quantitative estimate of drug-likeness (QED) is 0.898. The molecule has 1 aliphatic heterocycles. The van der Waals surface area contributed by atoms with E-state index in [2.05, 4.69) is 35.9 Å². The van der Waals surface area contributed by atoms with Crippen LogP contribution in [-0.2, 0) is 0 Å². The molecule has 106 valence electrons. The van der Waals surface area contributed by atoms with Crippen molar-refractivity contribution in [3.05, 3.63) is 24.3 Å². The summed E-state index contributed by atoms with van der Waals surface area (Å²) < 4.78 is 5.31. The van der Waals surface area contributed by atoms with Gasteiger partial charge in [0.25, 0.3) is 0 Å². The summed E-state index contributed by atoms with van der Waals surface area (Å²) in [4.78, 5) is 4.82. The Morgan fingerprint density at radius 1 is 1.42 bits per heavy atom. The molecule has 4 nitrogen and oxygen atoms in total. The van der Waals surface area contributed by atoms with Gasteiger partial charge in [0.2, 0.25) is 0 Å². The van der Waals surface area contributed by atoms with Crippen LogP contribution in [0, 0.1) is 0 Å². The van der Waals surface area contributed by atoms with Crippen molar-refractivity contribution in [2.24, 2.45) is 5.73 Å². The maximum absolute atomic E-state index is 5.93. The van der Waals surface area contributed by atoms with Crippen LogP contribution in [0.25, 0.3) is 0 Å². The summed E-state index contributed by atoms with van der Waals surface area (Å²) in [6.07, 6.45) is 1.16. The summed E-state index contributed by atoms with van der Waals surface area (Å²) in [5.74, 6) is 0.910. The van der Waals surface area contributed by atoms with Crippen molar-refractivity contribution in [3.8, 4) is 5.75 Å². The third-order valence-corrected chi connectivity index (χ3v) is 4.21. The highest BCUT2D eigenvalue weighted by molar-refractivity contribution is 5.51. The fourth-order valence-electron chi connectivity index (χ4n) is 2.66. The largest absolute Gasteiger partial charge is 0.497 e. The molecule has 4 heteroatoms. The van der Waals surface area contributed by atoms with E-state index in [9.17, 15) is 0 Å². The van der Waals surface area contributed by atoms with E-state index in [-0.39, 0.29) is 0 Å². The van der Waals surface area contributed by atoms with Gasteiger partial charge in [0.1, 0.15) is 5.75 Å². The molecule has 0 amide bonds. The molecule has 1 aliphatic rings. The fraction of sp³-hybridized carbons (Fsp3) is 0.600. The molecule has 2 unspecified atom stereocenters. The second-order valence-electron chi connectivity index (χ2n) is 5.34. The van der Waals surface area contributed by atoms with Gasteiger partial charge < -0.3 is 15.4 Å². The highest BCUT2D eigenvalue weighted by atomic mass is 16.5. The molecule has 2 N–H and O–H groups in total. The van der Waals surface area contributed by atoms with E-state index >= 15 is 0 Å². The van der Waals surface area contributed by atoms with Gasteiger partial charge in [-0.05, 0) is 32.5 Å². The van der Waals surface area contributed by atoms with Gasteiger partial charge in [-0.2, -0.15) is 0 Å². The maximum atomic E-state index is 5.93. The van der Waals surface area contributed by atoms with Crippen LogP contribution in [0.2, 0.25) is 0 Å². The van der Waals surface area contributed by atoms with E-state index in [1.54, 1.807) is 7.11 Å². The number of anilines is 1. The number of ether oxygens (including phenoxy) is 1. The second-order valence-corrected chi connectivity index (χ2v) is 5.34. The molecule has 1 fully saturated rings. The summed E-state index contributed by atoms with van der Waals surface area (Å²) in [6.45, 7) is 5.01. The Morgan fingerprint density at radius 3 is 2.89 bits per heavy atom. The van der Waals surface area contributed by atoms with Crippen molar-refractivity contribution in [3.63, 3.8) is 0 Å². The van der Waals surface area contributed by atoms with Gasteiger partial charge in [0, 0.05) is 43.5 Å². The van der Waals surface area contributed by atoms with Crippen LogP contribution in [0.15, 0.2) is 24.3 Å². The Bertz CT molecular complexity index is 410. The molecule has 1 aromatic rings. The lowest BCUT2D eigenvalue weighted by Crippen LogP contribution is -2.46. The lowest BCUT2D eigenvalue weighted by molar-refractivity contribution is 0.201. The molecule has 19 heavy (non-hydrogen) atoms. The van der Waals surface area contributed by atoms with E-state index in [0.717, 1.165) is 25.3 Å². The molecule has 0 aliphatic carbocycles. The lowest BCUT2D eigenvalue weighted by Gasteiger charge is -2.31. The van der Waals surface area contributed by atoms with E-state index < -0.39 is 0 Å². The normalized spacial score (nSPS) is 25.2. The van der Waals surface area contributed by atoms with Gasteiger partial charge in [-0.3, -0.25) is 4.90 Å². The molecule has 0 aromatic heterocycles. The van der Waals surface area contributed by atoms with Crippen LogP contribution in [0.5, 0.6) is 5.75 Å². The zero-order chi connectivity index (χ0) is 13.8. The van der Waals surface area contributed by atoms with Crippen LogP contribution in [0.1, 0.15) is 13.3 Å². The first-order chi connectivity index (χ1) is 9.15. The Kier molecular flexibility index (Phi) is 4.66. The minimum atomic E-state index is 0.406. The number of nitrogens with zero attached hydrogens (tertiary/aromatic N) is 2. The van der Waals surface area contributed by atoms with Crippen LogP contribution in [-0.4, -0.2) is 50.8 Å². The summed E-state index contributed by atoms with van der Waals surface area (Å²) in [5.41, 5.74) is 7.15. The molecule has 0 saturated carbocycles. The predicted molar refractivity (Wildman–Crippen MR) is 79.9 cm³/mol. The Labute approximate surface area is 116 Å². The van der Waals surface area contributed by atoms with Crippen molar-refractivity contribution in [1.82, 2.24) is 4.90 Å². The monoisotopic (exact) mass is 263 g/mol. The molecule has 2 atom stereocenters. The Hall–Kier alpha value is -1.26. The Balaban J connectivity index is 2.19. The van der Waals surface area contributed by atoms with Gasteiger partial charge in [0.05, 0.1) is 7.11 Å². The van der Waals surface area contributed by atoms with Gasteiger partial charge in [-0.1, -0.05) is 6.07 Å². The molecule has 1 heterocycles. The van der Waals surface area contributed by atoms with Crippen LogP contribution in [0.3, 0.4) is 0 Å². The third kappa shape index (κ3) is 3.19. The number of hydrogen-bond donors (Lipinski definition) is 1. The SMILES string of the molecule is COc1cccc(N2CCC(C)N(C)C(CN)C2)c1. The van der Waals surface area contributed by atoms with Crippen molar-refractivity contribution < 1.29 is 4.74 Å². The molecular weight excluding hydrogens is 238 g/mol. The molecule has 2 rings (SSSR count). The summed E-state index contributed by atoms with van der Waals surface area (Å²) in [5, 5.41) is 0. The molecule has 0 spiro atoms. The van der Waals surface area contributed by atoms with Crippen molar-refractivity contribution >= 4 is 5.69 Å². The van der Waals surface area contributed by atoms with Crippen LogP contribution >= 0.6 is 0 Å².